The van der Waals surface area contributed by atoms with E-state index in [1.54, 1.807) is 0 Å². The highest BCUT2D eigenvalue weighted by Crippen LogP contribution is 2.28. The van der Waals surface area contributed by atoms with Crippen molar-refractivity contribution in [3.8, 4) is 5.75 Å². The SMILES string of the molecule is Cc1cc(C)c(OCCN2CCNC2O)c(C)c1C=O. The Labute approximate surface area is 119 Å². The molecule has 1 atom stereocenters. The van der Waals surface area contributed by atoms with Gasteiger partial charge in [-0.3, -0.25) is 15.0 Å². The summed E-state index contributed by atoms with van der Waals surface area (Å²) in [5.41, 5.74) is 3.60. The summed E-state index contributed by atoms with van der Waals surface area (Å²) in [5, 5.41) is 12.6. The molecule has 2 rings (SSSR count). The Balaban J connectivity index is 2.04. The van der Waals surface area contributed by atoms with Crippen LogP contribution in [0.4, 0.5) is 0 Å². The molecule has 2 N–H and O–H groups in total. The quantitative estimate of drug-likeness (QED) is 0.786. The first-order valence-corrected chi connectivity index (χ1v) is 6.89. The minimum atomic E-state index is -0.579. The normalized spacial score (nSPS) is 19.3. The number of nitrogens with zero attached hydrogens (tertiary/aromatic N) is 1. The van der Waals surface area contributed by atoms with Gasteiger partial charge in [-0.1, -0.05) is 6.07 Å². The number of ether oxygens (including phenoxy) is 1. The Morgan fingerprint density at radius 1 is 1.45 bits per heavy atom. The third-order valence-electron chi connectivity index (χ3n) is 3.78. The van der Waals surface area contributed by atoms with Crippen molar-refractivity contribution in [1.29, 1.82) is 0 Å². The Morgan fingerprint density at radius 2 is 2.20 bits per heavy atom. The number of benzene rings is 1. The second-order valence-electron chi connectivity index (χ2n) is 5.21. The van der Waals surface area contributed by atoms with E-state index in [4.69, 9.17) is 4.74 Å². The molecule has 0 aromatic heterocycles. The third kappa shape index (κ3) is 3.00. The largest absolute Gasteiger partial charge is 0.492 e. The van der Waals surface area contributed by atoms with Crippen LogP contribution in [0.5, 0.6) is 5.75 Å². The molecule has 0 bridgehead atoms. The molecule has 0 amide bonds. The Hall–Kier alpha value is -1.43. The van der Waals surface area contributed by atoms with E-state index in [0.29, 0.717) is 18.7 Å². The van der Waals surface area contributed by atoms with Gasteiger partial charge in [-0.2, -0.15) is 0 Å². The number of hydrogen-bond acceptors (Lipinski definition) is 5. The highest BCUT2D eigenvalue weighted by molar-refractivity contribution is 5.81. The standard InChI is InChI=1S/C15H22N2O3/c1-10-8-11(2)14(12(3)13(10)9-18)20-7-6-17-5-4-16-15(17)19/h8-9,15-16,19H,4-7H2,1-3H3. The average molecular weight is 278 g/mol. The molecule has 110 valence electrons. The van der Waals surface area contributed by atoms with Gasteiger partial charge in [0.2, 0.25) is 0 Å². The molecule has 1 heterocycles. The molecule has 1 unspecified atom stereocenters. The first-order valence-electron chi connectivity index (χ1n) is 6.89. The van der Waals surface area contributed by atoms with Crippen molar-refractivity contribution in [3.05, 3.63) is 28.3 Å². The van der Waals surface area contributed by atoms with E-state index in [-0.39, 0.29) is 0 Å². The van der Waals surface area contributed by atoms with Crippen molar-refractivity contribution in [2.75, 3.05) is 26.2 Å². The molecule has 0 spiro atoms. The Kier molecular flexibility index (Phi) is 4.75. The molecule has 5 heteroatoms. The summed E-state index contributed by atoms with van der Waals surface area (Å²) in [5.74, 6) is 0.777. The topological polar surface area (TPSA) is 61.8 Å². The van der Waals surface area contributed by atoms with Crippen LogP contribution in [0.2, 0.25) is 0 Å². The molecule has 1 aromatic rings. The number of carbonyl (C=O) groups is 1. The fourth-order valence-electron chi connectivity index (χ4n) is 2.67. The van der Waals surface area contributed by atoms with E-state index in [9.17, 15) is 9.90 Å². The molecule has 1 aliphatic rings. The first-order chi connectivity index (χ1) is 9.54. The number of hydrogen-bond donors (Lipinski definition) is 2. The highest BCUT2D eigenvalue weighted by Gasteiger charge is 2.21. The monoisotopic (exact) mass is 278 g/mol. The number of nitrogens with one attached hydrogen (secondary N) is 1. The number of aldehydes is 1. The Bertz CT molecular complexity index is 502. The maximum Gasteiger partial charge on any atom is 0.163 e. The van der Waals surface area contributed by atoms with Crippen LogP contribution < -0.4 is 10.1 Å². The van der Waals surface area contributed by atoms with Gasteiger partial charge >= 0.3 is 0 Å². The second kappa shape index (κ2) is 6.35. The fraction of sp³-hybridized carbons (Fsp3) is 0.533. The lowest BCUT2D eigenvalue weighted by molar-refractivity contribution is 0.0150. The molecule has 1 aromatic carbocycles. The van der Waals surface area contributed by atoms with Crippen LogP contribution in [-0.4, -0.2) is 48.9 Å². The molecular weight excluding hydrogens is 256 g/mol. The van der Waals surface area contributed by atoms with Crippen LogP contribution >= 0.6 is 0 Å². The maximum atomic E-state index is 11.1. The molecule has 0 saturated carbocycles. The highest BCUT2D eigenvalue weighted by atomic mass is 16.5. The summed E-state index contributed by atoms with van der Waals surface area (Å²) in [6.07, 6.45) is 0.301. The van der Waals surface area contributed by atoms with Crippen molar-refractivity contribution >= 4 is 6.29 Å². The molecule has 5 nitrogen and oxygen atoms in total. The van der Waals surface area contributed by atoms with Gasteiger partial charge in [-0.15, -0.1) is 0 Å². The van der Waals surface area contributed by atoms with E-state index in [1.165, 1.54) is 0 Å². The minimum Gasteiger partial charge on any atom is -0.492 e. The average Bonchev–Trinajstić information content (AvgIpc) is 2.79. The first kappa shape index (κ1) is 15.0. The minimum absolute atomic E-state index is 0.488. The van der Waals surface area contributed by atoms with Crippen molar-refractivity contribution in [2.24, 2.45) is 0 Å². The Morgan fingerprint density at radius 3 is 2.80 bits per heavy atom. The van der Waals surface area contributed by atoms with Gasteiger partial charge in [0.05, 0.1) is 0 Å². The van der Waals surface area contributed by atoms with Gasteiger partial charge in [0.15, 0.2) is 12.6 Å². The summed E-state index contributed by atoms with van der Waals surface area (Å²) in [4.78, 5) is 13.0. The van der Waals surface area contributed by atoms with Crippen molar-refractivity contribution in [1.82, 2.24) is 10.2 Å². The fourth-order valence-corrected chi connectivity index (χ4v) is 2.67. The number of carbonyl (C=O) groups excluding carboxylic acids is 1. The predicted molar refractivity (Wildman–Crippen MR) is 77.1 cm³/mol. The second-order valence-corrected chi connectivity index (χ2v) is 5.21. The van der Waals surface area contributed by atoms with Crippen LogP contribution in [-0.2, 0) is 0 Å². The molecule has 20 heavy (non-hydrogen) atoms. The van der Waals surface area contributed by atoms with E-state index in [2.05, 4.69) is 5.32 Å². The third-order valence-corrected chi connectivity index (χ3v) is 3.78. The lowest BCUT2D eigenvalue weighted by Gasteiger charge is -2.20. The van der Waals surface area contributed by atoms with E-state index < -0.39 is 6.35 Å². The summed E-state index contributed by atoms with van der Waals surface area (Å²) in [7, 11) is 0. The van der Waals surface area contributed by atoms with Gasteiger partial charge in [-0.25, -0.2) is 0 Å². The summed E-state index contributed by atoms with van der Waals surface area (Å²) < 4.78 is 5.84. The zero-order chi connectivity index (χ0) is 14.7. The lowest BCUT2D eigenvalue weighted by atomic mass is 9.99. The van der Waals surface area contributed by atoms with Gasteiger partial charge in [0.1, 0.15) is 12.4 Å². The van der Waals surface area contributed by atoms with Gasteiger partial charge < -0.3 is 9.84 Å². The summed E-state index contributed by atoms with van der Waals surface area (Å²) in [6, 6.07) is 1.97. The number of rotatable bonds is 5. The van der Waals surface area contributed by atoms with Gasteiger partial charge in [-0.05, 0) is 31.9 Å². The maximum absolute atomic E-state index is 11.1. The van der Waals surface area contributed by atoms with E-state index >= 15 is 0 Å². The van der Waals surface area contributed by atoms with Crippen molar-refractivity contribution in [2.45, 2.75) is 27.1 Å². The zero-order valence-corrected chi connectivity index (χ0v) is 12.3. The smallest absolute Gasteiger partial charge is 0.163 e. The van der Waals surface area contributed by atoms with Crippen LogP contribution in [0.15, 0.2) is 6.07 Å². The molecular formula is C15H22N2O3. The molecule has 1 aliphatic heterocycles. The molecule has 1 fully saturated rings. The zero-order valence-electron chi connectivity index (χ0n) is 12.3. The van der Waals surface area contributed by atoms with Crippen LogP contribution in [0, 0.1) is 20.8 Å². The van der Waals surface area contributed by atoms with E-state index in [1.807, 2.05) is 31.7 Å². The van der Waals surface area contributed by atoms with Crippen LogP contribution in [0.3, 0.4) is 0 Å². The summed E-state index contributed by atoms with van der Waals surface area (Å²) in [6.45, 7) is 8.56. The van der Waals surface area contributed by atoms with E-state index in [0.717, 1.165) is 41.8 Å². The van der Waals surface area contributed by atoms with Gasteiger partial charge in [0.25, 0.3) is 0 Å². The number of aliphatic hydroxyl groups is 1. The lowest BCUT2D eigenvalue weighted by Crippen LogP contribution is -2.37. The van der Waals surface area contributed by atoms with Crippen LogP contribution in [0.1, 0.15) is 27.0 Å². The molecule has 0 radical (unpaired) electrons. The molecule has 0 aliphatic carbocycles. The predicted octanol–water partition coefficient (Wildman–Crippen LogP) is 0.984. The van der Waals surface area contributed by atoms with Crippen LogP contribution in [0.25, 0.3) is 0 Å². The summed E-state index contributed by atoms with van der Waals surface area (Å²) >= 11 is 0. The number of aliphatic hydroxyl groups excluding tert-OH is 1. The number of aryl methyl sites for hydroxylation is 2. The molecule has 1 saturated heterocycles. The van der Waals surface area contributed by atoms with Gasteiger partial charge in [0, 0.05) is 30.8 Å². The van der Waals surface area contributed by atoms with Crippen molar-refractivity contribution < 1.29 is 14.6 Å². The van der Waals surface area contributed by atoms with Crippen molar-refractivity contribution in [3.63, 3.8) is 0 Å².